The monoisotopic (exact) mass is 299 g/mol. The molecular weight excluding hydrogens is 278 g/mol. The molecule has 0 spiro atoms. The Morgan fingerprint density at radius 2 is 2.25 bits per heavy atom. The average molecular weight is 299 g/mol. The number of amides is 1. The van der Waals surface area contributed by atoms with E-state index in [9.17, 15) is 9.59 Å². The molecule has 0 heterocycles. The van der Waals surface area contributed by atoms with E-state index >= 15 is 0 Å². The van der Waals surface area contributed by atoms with E-state index in [1.807, 2.05) is 0 Å². The fourth-order valence-corrected chi connectivity index (χ4v) is 2.57. The third-order valence-corrected chi connectivity index (χ3v) is 4.21. The van der Waals surface area contributed by atoms with Gasteiger partial charge >= 0.3 is 5.97 Å². The minimum absolute atomic E-state index is 0.178. The number of nitrogens with two attached hydrogens (primary N) is 1. The van der Waals surface area contributed by atoms with Gasteiger partial charge in [0.25, 0.3) is 0 Å². The Morgan fingerprint density at radius 1 is 1.60 bits per heavy atom. The van der Waals surface area contributed by atoms with Crippen molar-refractivity contribution in [2.24, 2.45) is 11.7 Å². The van der Waals surface area contributed by atoms with Crippen LogP contribution in [0.2, 0.25) is 0 Å². The number of hydrogen-bond acceptors (Lipinski definition) is 6. The fraction of sp³-hybridized carbons (Fsp3) is 0.769. The minimum Gasteiger partial charge on any atom is -0.465 e. The largest absolute Gasteiger partial charge is 0.465 e. The summed E-state index contributed by atoms with van der Waals surface area (Å²) < 4.78 is 4.78. The second-order valence-electron chi connectivity index (χ2n) is 5.01. The van der Waals surface area contributed by atoms with E-state index in [-0.39, 0.29) is 17.6 Å². The van der Waals surface area contributed by atoms with Crippen LogP contribution in [0.25, 0.3) is 0 Å². The third kappa shape index (κ3) is 5.02. The summed E-state index contributed by atoms with van der Waals surface area (Å²) in [6.45, 7) is 3.75. The zero-order chi connectivity index (χ0) is 15.2. The molecule has 0 radical (unpaired) electrons. The van der Waals surface area contributed by atoms with E-state index in [1.54, 1.807) is 13.8 Å². The highest BCUT2D eigenvalue weighted by atomic mass is 32.2. The van der Waals surface area contributed by atoms with E-state index in [1.165, 1.54) is 11.8 Å². The SMILES string of the molecule is CCOC(=O)C(N)CSCC(=O)NC(C)(C#N)C1CC1. The highest BCUT2D eigenvalue weighted by molar-refractivity contribution is 8.00. The molecule has 1 amide bonds. The third-order valence-electron chi connectivity index (χ3n) is 3.15. The molecule has 1 fully saturated rings. The van der Waals surface area contributed by atoms with Gasteiger partial charge in [-0.2, -0.15) is 5.26 Å². The van der Waals surface area contributed by atoms with Crippen molar-refractivity contribution in [2.45, 2.75) is 38.3 Å². The quantitative estimate of drug-likeness (QED) is 0.629. The number of nitrogens with zero attached hydrogens (tertiary/aromatic N) is 1. The molecule has 1 aliphatic carbocycles. The first-order valence-electron chi connectivity index (χ1n) is 6.65. The van der Waals surface area contributed by atoms with E-state index < -0.39 is 17.6 Å². The molecule has 3 N–H and O–H groups in total. The second-order valence-corrected chi connectivity index (χ2v) is 6.04. The maximum Gasteiger partial charge on any atom is 0.323 e. The van der Waals surface area contributed by atoms with Crippen molar-refractivity contribution in [1.82, 2.24) is 5.32 Å². The van der Waals surface area contributed by atoms with E-state index in [4.69, 9.17) is 15.7 Å². The van der Waals surface area contributed by atoms with Crippen molar-refractivity contribution in [2.75, 3.05) is 18.1 Å². The Hall–Kier alpha value is -1.26. The topological polar surface area (TPSA) is 105 Å². The molecule has 0 aromatic heterocycles. The number of nitrogens with one attached hydrogen (secondary N) is 1. The number of thioether (sulfide) groups is 1. The number of hydrogen-bond donors (Lipinski definition) is 2. The second kappa shape index (κ2) is 7.50. The smallest absolute Gasteiger partial charge is 0.323 e. The van der Waals surface area contributed by atoms with Crippen molar-refractivity contribution >= 4 is 23.6 Å². The van der Waals surface area contributed by atoms with Gasteiger partial charge in [-0.15, -0.1) is 11.8 Å². The predicted molar refractivity (Wildman–Crippen MR) is 76.8 cm³/mol. The molecule has 2 atom stereocenters. The summed E-state index contributed by atoms with van der Waals surface area (Å²) in [6.07, 6.45) is 1.95. The molecule has 7 heteroatoms. The summed E-state index contributed by atoms with van der Waals surface area (Å²) in [5.41, 5.74) is 4.84. The average Bonchev–Trinajstić information content (AvgIpc) is 3.23. The molecule has 2 unspecified atom stereocenters. The van der Waals surface area contributed by atoms with Crippen LogP contribution in [0, 0.1) is 17.2 Å². The van der Waals surface area contributed by atoms with Gasteiger partial charge in [0.05, 0.1) is 18.4 Å². The van der Waals surface area contributed by atoms with Crippen molar-refractivity contribution in [3.05, 3.63) is 0 Å². The van der Waals surface area contributed by atoms with Crippen LogP contribution >= 0.6 is 11.8 Å². The number of ether oxygens (including phenoxy) is 1. The Labute approximate surface area is 123 Å². The first kappa shape index (κ1) is 16.8. The highest BCUT2D eigenvalue weighted by Crippen LogP contribution is 2.39. The van der Waals surface area contributed by atoms with E-state index in [0.29, 0.717) is 12.4 Å². The lowest BCUT2D eigenvalue weighted by molar-refractivity contribution is -0.144. The van der Waals surface area contributed by atoms with Crippen molar-refractivity contribution in [1.29, 1.82) is 5.26 Å². The van der Waals surface area contributed by atoms with Crippen molar-refractivity contribution < 1.29 is 14.3 Å². The number of carbonyl (C=O) groups is 2. The molecule has 6 nitrogen and oxygen atoms in total. The Morgan fingerprint density at radius 3 is 2.75 bits per heavy atom. The lowest BCUT2D eigenvalue weighted by Crippen LogP contribution is -2.47. The maximum absolute atomic E-state index is 11.8. The number of esters is 1. The van der Waals surface area contributed by atoms with Gasteiger partial charge in [0, 0.05) is 5.75 Å². The fourth-order valence-electron chi connectivity index (χ4n) is 1.80. The van der Waals surface area contributed by atoms with Crippen LogP contribution in [0.5, 0.6) is 0 Å². The Bertz CT molecular complexity index is 406. The Balaban J connectivity index is 2.26. The first-order chi connectivity index (χ1) is 9.42. The Kier molecular flexibility index (Phi) is 6.30. The van der Waals surface area contributed by atoms with Gasteiger partial charge < -0.3 is 15.8 Å². The van der Waals surface area contributed by atoms with Crippen LogP contribution in [-0.2, 0) is 14.3 Å². The van der Waals surface area contributed by atoms with Gasteiger partial charge in [-0.3, -0.25) is 9.59 Å². The first-order valence-corrected chi connectivity index (χ1v) is 7.80. The summed E-state index contributed by atoms with van der Waals surface area (Å²) >= 11 is 1.26. The summed E-state index contributed by atoms with van der Waals surface area (Å²) in [6, 6.07) is 1.44. The van der Waals surface area contributed by atoms with Crippen molar-refractivity contribution in [3.8, 4) is 6.07 Å². The van der Waals surface area contributed by atoms with Crippen LogP contribution in [-0.4, -0.2) is 41.6 Å². The van der Waals surface area contributed by atoms with Gasteiger partial charge in [0.1, 0.15) is 11.6 Å². The zero-order valence-corrected chi connectivity index (χ0v) is 12.7. The molecule has 112 valence electrons. The molecule has 0 saturated heterocycles. The molecule has 1 aliphatic rings. The molecule has 0 bridgehead atoms. The number of carbonyl (C=O) groups excluding carboxylic acids is 2. The van der Waals surface area contributed by atoms with Gasteiger partial charge in [0.15, 0.2) is 0 Å². The van der Waals surface area contributed by atoms with E-state index in [0.717, 1.165) is 12.8 Å². The number of nitriles is 1. The summed E-state index contributed by atoms with van der Waals surface area (Å²) in [4.78, 5) is 23.1. The van der Waals surface area contributed by atoms with Crippen LogP contribution in [0.1, 0.15) is 26.7 Å². The van der Waals surface area contributed by atoms with Crippen LogP contribution < -0.4 is 11.1 Å². The van der Waals surface area contributed by atoms with Crippen molar-refractivity contribution in [3.63, 3.8) is 0 Å². The van der Waals surface area contributed by atoms with E-state index in [2.05, 4.69) is 11.4 Å². The standard InChI is InChI=1S/C13H21N3O3S/c1-3-19-12(18)10(15)6-20-7-11(17)16-13(2,8-14)9-4-5-9/h9-10H,3-7,15H2,1-2H3,(H,16,17). The highest BCUT2D eigenvalue weighted by Gasteiger charge is 2.42. The zero-order valence-electron chi connectivity index (χ0n) is 11.8. The van der Waals surface area contributed by atoms with Crippen LogP contribution in [0.15, 0.2) is 0 Å². The molecule has 0 aliphatic heterocycles. The van der Waals surface area contributed by atoms with Crippen LogP contribution in [0.3, 0.4) is 0 Å². The normalized spacial score (nSPS) is 18.5. The van der Waals surface area contributed by atoms with Gasteiger partial charge in [-0.1, -0.05) is 0 Å². The summed E-state index contributed by atoms with van der Waals surface area (Å²) in [5, 5.41) is 11.9. The van der Waals surface area contributed by atoms with Gasteiger partial charge in [-0.05, 0) is 32.6 Å². The molecule has 20 heavy (non-hydrogen) atoms. The lowest BCUT2D eigenvalue weighted by atomic mass is 9.98. The maximum atomic E-state index is 11.8. The molecule has 1 saturated carbocycles. The minimum atomic E-state index is -0.777. The molecule has 0 aromatic carbocycles. The van der Waals surface area contributed by atoms with Gasteiger partial charge in [0.2, 0.25) is 5.91 Å². The lowest BCUT2D eigenvalue weighted by Gasteiger charge is -2.22. The summed E-state index contributed by atoms with van der Waals surface area (Å²) in [7, 11) is 0. The number of rotatable bonds is 8. The van der Waals surface area contributed by atoms with Crippen LogP contribution in [0.4, 0.5) is 0 Å². The molecule has 1 rings (SSSR count). The molecular formula is C13H21N3O3S. The molecule has 0 aromatic rings. The predicted octanol–water partition coefficient (Wildman–Crippen LogP) is 0.418. The van der Waals surface area contributed by atoms with Gasteiger partial charge in [-0.25, -0.2) is 0 Å². The summed E-state index contributed by atoms with van der Waals surface area (Å²) in [5.74, 6) is 0.0845.